The normalized spacial score (nSPS) is 16.1. The summed E-state index contributed by atoms with van der Waals surface area (Å²) in [4.78, 5) is 0. The van der Waals surface area contributed by atoms with Crippen LogP contribution in [0.25, 0.3) is 0 Å². The number of rotatable bonds is 11. The molecule has 0 bridgehead atoms. The Labute approximate surface area is 196 Å². The quantitative estimate of drug-likeness (QED) is 0.161. The maximum absolute atomic E-state index is 13.5. The molecule has 0 fully saturated rings. The lowest BCUT2D eigenvalue weighted by atomic mass is 10.1. The van der Waals surface area contributed by atoms with Gasteiger partial charge in [0.05, 0.1) is 0 Å². The molecule has 0 aliphatic carbocycles. The van der Waals surface area contributed by atoms with E-state index in [1.54, 1.807) is 6.58 Å². The minimum Gasteiger partial charge on any atom is -0.402 e. The number of hydrogen-bond acceptors (Lipinski definition) is 7. The van der Waals surface area contributed by atoms with Crippen molar-refractivity contribution in [3.05, 3.63) is 25.2 Å². The molecule has 0 rings (SSSR count). The molecule has 0 heterocycles. The van der Waals surface area contributed by atoms with Crippen molar-refractivity contribution in [1.29, 1.82) is 0 Å². The van der Waals surface area contributed by atoms with Gasteiger partial charge in [-0.2, -0.15) is 73.9 Å². The molecule has 0 spiro atoms. The van der Waals surface area contributed by atoms with Crippen molar-refractivity contribution in [2.45, 2.75) is 40.9 Å². The second kappa shape index (κ2) is 10.7. The van der Waals surface area contributed by atoms with Crippen molar-refractivity contribution in [3.63, 3.8) is 0 Å². The monoisotopic (exact) mass is 654 g/mol. The fourth-order valence-electron chi connectivity index (χ4n) is 1.35. The molecule has 228 valence electrons. The highest BCUT2D eigenvalue weighted by atomic mass is 32.3. The summed E-state index contributed by atoms with van der Waals surface area (Å²) in [5.41, 5.74) is 0. The fourth-order valence-corrected chi connectivity index (χ4v) is 2.11. The van der Waals surface area contributed by atoms with Crippen LogP contribution in [0.15, 0.2) is 25.2 Å². The summed E-state index contributed by atoms with van der Waals surface area (Å²) in [6, 6.07) is -5.34. The van der Waals surface area contributed by atoms with Crippen molar-refractivity contribution >= 4 is 20.4 Å². The molecule has 0 aromatic heterocycles. The first-order valence-electron chi connectivity index (χ1n) is 7.34. The zero-order valence-electron chi connectivity index (χ0n) is 16.4. The Morgan fingerprint density at radius 2 is 0.842 bits per heavy atom. The lowest BCUT2D eigenvalue weighted by Gasteiger charge is -2.38. The molecule has 1 atom stereocenters. The first kappa shape index (κ1) is 37.8. The van der Waals surface area contributed by atoms with Crippen LogP contribution in [-0.4, -0.2) is 57.7 Å². The van der Waals surface area contributed by atoms with E-state index in [0.29, 0.717) is 0 Å². The Balaban J connectivity index is 0. The van der Waals surface area contributed by atoms with Crippen molar-refractivity contribution in [2.24, 2.45) is 0 Å². The van der Waals surface area contributed by atoms with Crippen LogP contribution in [0.1, 0.15) is 0 Å². The summed E-state index contributed by atoms with van der Waals surface area (Å²) < 4.78 is 267. The SMILES string of the molecule is C=C(F)OC(F)(F)C(F)(F)S(=O)(=O)F.C=C(F)OC(F)(F)C(F)(OC(F)(F)F)C(F)(F)C(F)(F)S(=O)(=O)F. The smallest absolute Gasteiger partial charge is 0.402 e. The second-order valence-electron chi connectivity index (χ2n) is 5.57. The van der Waals surface area contributed by atoms with Crippen molar-refractivity contribution < 1.29 is 109 Å². The first-order chi connectivity index (χ1) is 16.0. The van der Waals surface area contributed by atoms with Gasteiger partial charge >= 0.3 is 61.3 Å². The minimum atomic E-state index is -7.96. The van der Waals surface area contributed by atoms with Gasteiger partial charge < -0.3 is 9.47 Å². The van der Waals surface area contributed by atoms with Crippen LogP contribution in [0.5, 0.6) is 0 Å². The standard InChI is InChI=1S/C7H2F12O4S.C4H2F6O3S/c1-2(8)22-5(12,13)4(11,23-7(16,17)18)3(9,10)6(14,15)24(19,20)21;1-2(5)13-3(6,7)4(8,9)14(10,11)12/h1H2;1H2. The third-order valence-corrected chi connectivity index (χ3v) is 4.55. The molecule has 27 heteroatoms. The zero-order valence-corrected chi connectivity index (χ0v) is 18.0. The topological polar surface area (TPSA) is 96.0 Å². The number of hydrogen-bond donors (Lipinski definition) is 0. The summed E-state index contributed by atoms with van der Waals surface area (Å²) in [5.74, 6) is -15.2. The van der Waals surface area contributed by atoms with E-state index in [4.69, 9.17) is 0 Å². The Morgan fingerprint density at radius 3 is 1.08 bits per heavy atom. The molecule has 38 heavy (non-hydrogen) atoms. The number of ether oxygens (including phenoxy) is 3. The molecule has 7 nitrogen and oxygen atoms in total. The van der Waals surface area contributed by atoms with E-state index in [-0.39, 0.29) is 0 Å². The summed E-state index contributed by atoms with van der Waals surface area (Å²) in [6.45, 7) is 3.76. The van der Waals surface area contributed by atoms with E-state index in [2.05, 4.69) is 9.47 Å². The molecule has 0 amide bonds. The molecule has 0 saturated heterocycles. The molecule has 0 aliphatic rings. The van der Waals surface area contributed by atoms with Gasteiger partial charge in [-0.15, -0.1) is 13.2 Å². The minimum absolute atomic E-state index is 1.53. The van der Waals surface area contributed by atoms with Crippen LogP contribution < -0.4 is 0 Å². The van der Waals surface area contributed by atoms with E-state index >= 15 is 0 Å². The predicted molar refractivity (Wildman–Crippen MR) is 78.4 cm³/mol. The maximum atomic E-state index is 13.5. The number of halogens is 18. The highest BCUT2D eigenvalue weighted by molar-refractivity contribution is 7.87. The predicted octanol–water partition coefficient (Wildman–Crippen LogP) is 5.69. The van der Waals surface area contributed by atoms with Gasteiger partial charge in [0.2, 0.25) is 0 Å². The van der Waals surface area contributed by atoms with Gasteiger partial charge in [0, 0.05) is 0 Å². The third kappa shape index (κ3) is 7.85. The molecular weight excluding hydrogens is 650 g/mol. The Kier molecular flexibility index (Phi) is 10.6. The lowest BCUT2D eigenvalue weighted by molar-refractivity contribution is -0.511. The average molecular weight is 654 g/mol. The van der Waals surface area contributed by atoms with Crippen molar-refractivity contribution in [3.8, 4) is 0 Å². The van der Waals surface area contributed by atoms with Crippen molar-refractivity contribution in [2.75, 3.05) is 0 Å². The second-order valence-corrected chi connectivity index (χ2v) is 8.35. The van der Waals surface area contributed by atoms with E-state index in [9.17, 15) is 94.9 Å². The Morgan fingerprint density at radius 1 is 0.553 bits per heavy atom. The first-order valence-corrected chi connectivity index (χ1v) is 10.1. The molecule has 0 radical (unpaired) electrons. The molecule has 0 N–H and O–H groups in total. The third-order valence-electron chi connectivity index (χ3n) is 2.83. The summed E-state index contributed by atoms with van der Waals surface area (Å²) in [7, 11) is -14.9. The highest BCUT2D eigenvalue weighted by Gasteiger charge is 2.88. The molecular formula is C11H4F18O7S2. The Hall–Kier alpha value is -2.32. The average Bonchev–Trinajstić information content (AvgIpc) is 2.55. The largest absolute Gasteiger partial charge is 0.525 e. The Bertz CT molecular complexity index is 1100. The molecule has 0 aromatic carbocycles. The van der Waals surface area contributed by atoms with Gasteiger partial charge in [0.25, 0.3) is 12.0 Å². The van der Waals surface area contributed by atoms with Crippen LogP contribution in [0.2, 0.25) is 0 Å². The van der Waals surface area contributed by atoms with Crippen LogP contribution >= 0.6 is 0 Å². The van der Waals surface area contributed by atoms with E-state index in [1.807, 2.05) is 6.58 Å². The van der Waals surface area contributed by atoms with Crippen LogP contribution in [-0.2, 0) is 34.7 Å². The number of alkyl halides is 14. The highest BCUT2D eigenvalue weighted by Crippen LogP contribution is 2.56. The van der Waals surface area contributed by atoms with E-state index in [1.165, 1.54) is 4.74 Å². The summed E-state index contributed by atoms with van der Waals surface area (Å²) in [5, 5.41) is -13.7. The van der Waals surface area contributed by atoms with Gasteiger partial charge in [-0.05, 0) is 13.2 Å². The summed E-state index contributed by atoms with van der Waals surface area (Å²) >= 11 is 0. The van der Waals surface area contributed by atoms with Crippen LogP contribution in [0.4, 0.5) is 78.0 Å². The van der Waals surface area contributed by atoms with Gasteiger partial charge in [-0.1, -0.05) is 7.77 Å². The van der Waals surface area contributed by atoms with Gasteiger partial charge in [0.15, 0.2) is 0 Å². The summed E-state index contributed by atoms with van der Waals surface area (Å²) in [6.07, 6.45) is -19.7. The zero-order chi connectivity index (χ0) is 31.8. The lowest BCUT2D eigenvalue weighted by Crippen LogP contribution is -2.68. The van der Waals surface area contributed by atoms with Crippen molar-refractivity contribution in [1.82, 2.24) is 0 Å². The van der Waals surface area contributed by atoms with E-state index < -0.39 is 73.3 Å². The molecule has 1 unspecified atom stereocenters. The molecule has 0 saturated carbocycles. The fraction of sp³-hybridized carbons (Fsp3) is 0.636. The van der Waals surface area contributed by atoms with Gasteiger partial charge in [0.1, 0.15) is 0 Å². The van der Waals surface area contributed by atoms with E-state index in [0.717, 1.165) is 0 Å². The molecule has 0 aliphatic heterocycles. The maximum Gasteiger partial charge on any atom is 0.525 e. The van der Waals surface area contributed by atoms with Crippen LogP contribution in [0, 0.1) is 0 Å². The van der Waals surface area contributed by atoms with Gasteiger partial charge in [-0.25, -0.2) is 4.74 Å². The molecule has 0 aromatic rings. The van der Waals surface area contributed by atoms with Gasteiger partial charge in [-0.3, -0.25) is 0 Å². The van der Waals surface area contributed by atoms with Crippen LogP contribution in [0.3, 0.4) is 0 Å².